The Labute approximate surface area is 112 Å². The molecular weight excluding hydrogens is 224 g/mol. The van der Waals surface area contributed by atoms with Crippen LogP contribution in [0, 0.1) is 0 Å². The summed E-state index contributed by atoms with van der Waals surface area (Å²) in [5, 5.41) is 16.2. The number of hydrogen-bond donors (Lipinski definition) is 0. The van der Waals surface area contributed by atoms with E-state index in [9.17, 15) is 0 Å². The van der Waals surface area contributed by atoms with Gasteiger partial charge in [0.05, 0.1) is 11.1 Å². The van der Waals surface area contributed by atoms with Gasteiger partial charge in [0.2, 0.25) is 0 Å². The first-order chi connectivity index (χ1) is 8.33. The molecule has 0 aromatic rings. The van der Waals surface area contributed by atoms with Crippen molar-refractivity contribution >= 4 is 0 Å². The molecule has 4 heteroatoms. The van der Waals surface area contributed by atoms with Gasteiger partial charge < -0.3 is 0 Å². The lowest BCUT2D eigenvalue weighted by Crippen LogP contribution is -2.16. The molecule has 0 aliphatic carbocycles. The zero-order chi connectivity index (χ0) is 14.1. The van der Waals surface area contributed by atoms with E-state index in [0.29, 0.717) is 0 Å². The maximum Gasteiger partial charge on any atom is 0.0782 e. The Hall–Kier alpha value is -0.800. The van der Waals surface area contributed by atoms with Gasteiger partial charge in [-0.3, -0.25) is 0 Å². The molecule has 0 saturated carbocycles. The summed E-state index contributed by atoms with van der Waals surface area (Å²) in [6, 6.07) is 0. The first-order valence-corrected chi connectivity index (χ1v) is 7.17. The Kier molecular flexibility index (Phi) is 7.96. The van der Waals surface area contributed by atoms with Crippen molar-refractivity contribution in [1.29, 1.82) is 0 Å². The highest BCUT2D eigenvalue weighted by atomic mass is 15.5. The first kappa shape index (κ1) is 17.2. The highest BCUT2D eigenvalue weighted by molar-refractivity contribution is 4.76. The molecule has 0 N–H and O–H groups in total. The van der Waals surface area contributed by atoms with Crippen LogP contribution in [0.3, 0.4) is 0 Å². The van der Waals surface area contributed by atoms with Crippen LogP contribution in [-0.4, -0.2) is 11.1 Å². The molecule has 0 rings (SSSR count). The predicted molar refractivity (Wildman–Crippen MR) is 76.9 cm³/mol. The van der Waals surface area contributed by atoms with E-state index in [1.807, 2.05) is 0 Å². The topological polar surface area (TPSA) is 49.4 Å². The minimum absolute atomic E-state index is 0.122. The largest absolute Gasteiger partial charge is 0.161 e. The summed E-state index contributed by atoms with van der Waals surface area (Å²) >= 11 is 0. The molecule has 0 fully saturated rings. The van der Waals surface area contributed by atoms with E-state index in [4.69, 9.17) is 0 Å². The van der Waals surface area contributed by atoms with Gasteiger partial charge in [-0.2, -0.15) is 10.2 Å². The Morgan fingerprint density at radius 2 is 1.00 bits per heavy atom. The maximum atomic E-state index is 4.24. The van der Waals surface area contributed by atoms with Gasteiger partial charge in [0, 0.05) is 0 Å². The van der Waals surface area contributed by atoms with E-state index in [1.54, 1.807) is 0 Å². The van der Waals surface area contributed by atoms with Crippen LogP contribution in [0.4, 0.5) is 0 Å². The standard InChI is InChI=1S/C14H30N4/c1-7-9-11-13(3,4)15-17-18-16-14(5,6)12-10-8-2/h7-12H2,1-6H3. The van der Waals surface area contributed by atoms with E-state index in [2.05, 4.69) is 62.2 Å². The van der Waals surface area contributed by atoms with Gasteiger partial charge in [-0.1, -0.05) is 39.5 Å². The molecule has 0 amide bonds. The molecule has 106 valence electrons. The molecule has 0 aromatic carbocycles. The van der Waals surface area contributed by atoms with Crippen molar-refractivity contribution in [1.82, 2.24) is 0 Å². The predicted octanol–water partition coefficient (Wildman–Crippen LogP) is 5.74. The van der Waals surface area contributed by atoms with Crippen LogP contribution in [-0.2, 0) is 0 Å². The lowest BCUT2D eigenvalue weighted by atomic mass is 9.99. The SMILES string of the molecule is CCCCC(C)(C)N=NN=NC(C)(C)CCCC. The van der Waals surface area contributed by atoms with E-state index in [1.165, 1.54) is 25.7 Å². The van der Waals surface area contributed by atoms with E-state index >= 15 is 0 Å². The Balaban J connectivity index is 4.20. The van der Waals surface area contributed by atoms with Crippen molar-refractivity contribution in [3.8, 4) is 0 Å². The molecule has 0 radical (unpaired) electrons. The molecule has 0 aliphatic heterocycles. The number of unbranched alkanes of at least 4 members (excludes halogenated alkanes) is 2. The van der Waals surface area contributed by atoms with Crippen LogP contribution in [0.25, 0.3) is 0 Å². The third kappa shape index (κ3) is 9.25. The fourth-order valence-electron chi connectivity index (χ4n) is 1.60. The average molecular weight is 254 g/mol. The zero-order valence-electron chi connectivity index (χ0n) is 13.0. The van der Waals surface area contributed by atoms with Gasteiger partial charge >= 0.3 is 0 Å². The highest BCUT2D eigenvalue weighted by Gasteiger charge is 2.17. The van der Waals surface area contributed by atoms with Crippen LogP contribution in [0.15, 0.2) is 20.7 Å². The van der Waals surface area contributed by atoms with Crippen molar-refractivity contribution in [2.45, 2.75) is 91.1 Å². The van der Waals surface area contributed by atoms with Crippen LogP contribution < -0.4 is 0 Å². The van der Waals surface area contributed by atoms with Crippen LogP contribution in [0.1, 0.15) is 80.1 Å². The smallest absolute Gasteiger partial charge is 0.0782 e. The summed E-state index contributed by atoms with van der Waals surface area (Å²) in [4.78, 5) is 0. The monoisotopic (exact) mass is 254 g/mol. The molecule has 0 unspecified atom stereocenters. The maximum absolute atomic E-state index is 4.24. The summed E-state index contributed by atoms with van der Waals surface area (Å²) in [6.07, 6.45) is 6.80. The molecular formula is C14H30N4. The van der Waals surface area contributed by atoms with Gasteiger partial charge in [0.25, 0.3) is 0 Å². The normalized spacial score (nSPS) is 13.9. The summed E-state index contributed by atoms with van der Waals surface area (Å²) in [5.41, 5.74) is -0.245. The van der Waals surface area contributed by atoms with E-state index < -0.39 is 0 Å². The molecule has 0 saturated heterocycles. The van der Waals surface area contributed by atoms with Gasteiger partial charge in [0.1, 0.15) is 0 Å². The van der Waals surface area contributed by atoms with Crippen LogP contribution >= 0.6 is 0 Å². The Bertz CT molecular complexity index is 239. The minimum atomic E-state index is -0.122. The molecule has 0 bridgehead atoms. The van der Waals surface area contributed by atoms with E-state index in [0.717, 1.165) is 12.8 Å². The molecule has 18 heavy (non-hydrogen) atoms. The number of rotatable bonds is 9. The van der Waals surface area contributed by atoms with Gasteiger partial charge in [-0.05, 0) is 51.0 Å². The number of nitrogens with zero attached hydrogens (tertiary/aromatic N) is 4. The first-order valence-electron chi connectivity index (χ1n) is 7.17. The Morgan fingerprint density at radius 1 is 0.667 bits per heavy atom. The van der Waals surface area contributed by atoms with Crippen molar-refractivity contribution in [3.63, 3.8) is 0 Å². The summed E-state index contributed by atoms with van der Waals surface area (Å²) in [6.45, 7) is 12.7. The lowest BCUT2D eigenvalue weighted by molar-refractivity contribution is 0.412. The lowest BCUT2D eigenvalue weighted by Gasteiger charge is -2.17. The third-order valence-corrected chi connectivity index (χ3v) is 2.96. The highest BCUT2D eigenvalue weighted by Crippen LogP contribution is 2.20. The zero-order valence-corrected chi connectivity index (χ0v) is 13.0. The third-order valence-electron chi connectivity index (χ3n) is 2.96. The molecule has 0 spiro atoms. The molecule has 0 heterocycles. The van der Waals surface area contributed by atoms with Crippen molar-refractivity contribution in [2.75, 3.05) is 0 Å². The summed E-state index contributed by atoms with van der Waals surface area (Å²) in [7, 11) is 0. The molecule has 0 aliphatic rings. The summed E-state index contributed by atoms with van der Waals surface area (Å²) in [5.74, 6) is 0. The van der Waals surface area contributed by atoms with Crippen molar-refractivity contribution < 1.29 is 0 Å². The molecule has 0 atom stereocenters. The molecule has 0 aromatic heterocycles. The van der Waals surface area contributed by atoms with Gasteiger partial charge in [-0.15, -0.1) is 0 Å². The van der Waals surface area contributed by atoms with Gasteiger partial charge in [0.15, 0.2) is 0 Å². The Morgan fingerprint density at radius 3 is 1.28 bits per heavy atom. The number of hydrogen-bond acceptors (Lipinski definition) is 2. The fraction of sp³-hybridized carbons (Fsp3) is 1.00. The van der Waals surface area contributed by atoms with Crippen molar-refractivity contribution in [2.24, 2.45) is 20.7 Å². The van der Waals surface area contributed by atoms with Crippen LogP contribution in [0.5, 0.6) is 0 Å². The fourth-order valence-corrected chi connectivity index (χ4v) is 1.60. The van der Waals surface area contributed by atoms with Gasteiger partial charge in [-0.25, -0.2) is 0 Å². The average Bonchev–Trinajstić information content (AvgIpc) is 2.30. The minimum Gasteiger partial charge on any atom is -0.161 e. The second-order valence-corrected chi connectivity index (χ2v) is 6.21. The summed E-state index contributed by atoms with van der Waals surface area (Å²) < 4.78 is 0. The molecule has 4 nitrogen and oxygen atoms in total. The second-order valence-electron chi connectivity index (χ2n) is 6.21. The quantitative estimate of drug-likeness (QED) is 0.372. The van der Waals surface area contributed by atoms with Crippen LogP contribution in [0.2, 0.25) is 0 Å². The second kappa shape index (κ2) is 8.33. The van der Waals surface area contributed by atoms with Crippen molar-refractivity contribution in [3.05, 3.63) is 0 Å². The van der Waals surface area contributed by atoms with E-state index in [-0.39, 0.29) is 11.1 Å².